The Balaban J connectivity index is 2.40. The fourth-order valence-corrected chi connectivity index (χ4v) is 0.852. The van der Waals surface area contributed by atoms with E-state index >= 15 is 0 Å². The molecular weight excluding hydrogens is 128 g/mol. The molecule has 0 aromatic heterocycles. The molecule has 0 saturated carbocycles. The lowest BCUT2D eigenvalue weighted by Gasteiger charge is -1.98. The minimum Gasteiger partial charge on any atom is -0.405 e. The topological polar surface area (TPSA) is 55.1 Å². The maximum atomic E-state index is 10.8. The highest BCUT2D eigenvalue weighted by atomic mass is 16.2. The Kier molecular flexibility index (Phi) is 2.10. The van der Waals surface area contributed by atoms with Crippen LogP contribution in [0, 0.1) is 5.92 Å². The molecule has 0 aliphatic carbocycles. The van der Waals surface area contributed by atoms with E-state index in [1.54, 1.807) is 12.3 Å². The van der Waals surface area contributed by atoms with Crippen molar-refractivity contribution in [3.05, 3.63) is 24.6 Å². The van der Waals surface area contributed by atoms with Gasteiger partial charge in [-0.3, -0.25) is 4.79 Å². The van der Waals surface area contributed by atoms with E-state index in [0.717, 1.165) is 0 Å². The number of nitrogens with two attached hydrogens (primary N) is 1. The maximum absolute atomic E-state index is 10.8. The van der Waals surface area contributed by atoms with Gasteiger partial charge in [-0.1, -0.05) is 12.2 Å². The van der Waals surface area contributed by atoms with Gasteiger partial charge in [0.05, 0.1) is 5.92 Å². The van der Waals surface area contributed by atoms with Crippen LogP contribution in [0.3, 0.4) is 0 Å². The second kappa shape index (κ2) is 3.06. The maximum Gasteiger partial charge on any atom is 0.231 e. The Bertz CT molecular complexity index is 184. The molecule has 0 radical (unpaired) electrons. The molecule has 0 fully saturated rings. The second-order valence-electron chi connectivity index (χ2n) is 2.14. The van der Waals surface area contributed by atoms with Crippen molar-refractivity contribution in [2.75, 3.05) is 0 Å². The number of rotatable bonds is 2. The lowest BCUT2D eigenvalue weighted by atomic mass is 10.1. The van der Waals surface area contributed by atoms with Gasteiger partial charge in [-0.15, -0.1) is 0 Å². The molecule has 3 N–H and O–H groups in total. The van der Waals surface area contributed by atoms with Crippen molar-refractivity contribution in [1.82, 2.24) is 5.32 Å². The lowest BCUT2D eigenvalue weighted by molar-refractivity contribution is -0.121. The smallest absolute Gasteiger partial charge is 0.231 e. The van der Waals surface area contributed by atoms with Crippen molar-refractivity contribution < 1.29 is 4.79 Å². The first-order valence-corrected chi connectivity index (χ1v) is 3.18. The second-order valence-corrected chi connectivity index (χ2v) is 2.14. The van der Waals surface area contributed by atoms with Crippen molar-refractivity contribution in [1.29, 1.82) is 0 Å². The number of nitrogens with one attached hydrogen (secondary N) is 1. The van der Waals surface area contributed by atoms with Crippen molar-refractivity contribution in [2.24, 2.45) is 11.7 Å². The van der Waals surface area contributed by atoms with Crippen LogP contribution in [0.5, 0.6) is 0 Å². The molecule has 10 heavy (non-hydrogen) atoms. The number of amides is 1. The molecule has 3 heteroatoms. The zero-order chi connectivity index (χ0) is 7.40. The first kappa shape index (κ1) is 6.86. The third-order valence-corrected chi connectivity index (χ3v) is 1.42. The molecule has 1 atom stereocenters. The standard InChI is InChI=1S/C7H10N2O/c8-4-1-2-6-3-5-9-7(6)10/h1,3-6H,2,8H2,(H,9,10). The summed E-state index contributed by atoms with van der Waals surface area (Å²) in [7, 11) is 0. The van der Waals surface area contributed by atoms with Gasteiger partial charge in [0.15, 0.2) is 0 Å². The van der Waals surface area contributed by atoms with Crippen LogP contribution in [0.25, 0.3) is 0 Å². The average Bonchev–Trinajstić information content (AvgIpc) is 2.31. The number of carbonyl (C=O) groups is 1. The van der Waals surface area contributed by atoms with Crippen molar-refractivity contribution in [3.63, 3.8) is 0 Å². The van der Waals surface area contributed by atoms with Gasteiger partial charge in [-0.2, -0.15) is 0 Å². The Morgan fingerprint density at radius 1 is 1.80 bits per heavy atom. The quantitative estimate of drug-likeness (QED) is 0.569. The third kappa shape index (κ3) is 1.37. The van der Waals surface area contributed by atoms with Gasteiger partial charge in [0.25, 0.3) is 0 Å². The fourth-order valence-electron chi connectivity index (χ4n) is 0.852. The van der Waals surface area contributed by atoms with Gasteiger partial charge >= 0.3 is 0 Å². The van der Waals surface area contributed by atoms with Crippen LogP contribution in [0.15, 0.2) is 24.6 Å². The van der Waals surface area contributed by atoms with Crippen LogP contribution in [0.2, 0.25) is 0 Å². The average molecular weight is 138 g/mol. The summed E-state index contributed by atoms with van der Waals surface area (Å²) in [6.45, 7) is 0. The zero-order valence-corrected chi connectivity index (χ0v) is 5.58. The monoisotopic (exact) mass is 138 g/mol. The van der Waals surface area contributed by atoms with Crippen molar-refractivity contribution in [3.8, 4) is 0 Å². The first-order chi connectivity index (χ1) is 4.84. The van der Waals surface area contributed by atoms with Gasteiger partial charge in [0.1, 0.15) is 0 Å². The minimum atomic E-state index is -0.0141. The molecule has 1 amide bonds. The van der Waals surface area contributed by atoms with Crippen LogP contribution in [-0.4, -0.2) is 5.91 Å². The van der Waals surface area contributed by atoms with E-state index in [9.17, 15) is 4.79 Å². The van der Waals surface area contributed by atoms with E-state index in [2.05, 4.69) is 5.32 Å². The van der Waals surface area contributed by atoms with Crippen molar-refractivity contribution in [2.45, 2.75) is 6.42 Å². The van der Waals surface area contributed by atoms with E-state index in [1.165, 1.54) is 6.20 Å². The molecule has 0 aromatic carbocycles. The van der Waals surface area contributed by atoms with Crippen molar-refractivity contribution >= 4 is 5.91 Å². The number of hydrogen-bond donors (Lipinski definition) is 2. The Labute approximate surface area is 59.6 Å². The summed E-state index contributed by atoms with van der Waals surface area (Å²) in [5, 5.41) is 2.58. The summed E-state index contributed by atoms with van der Waals surface area (Å²) in [4.78, 5) is 10.8. The SMILES string of the molecule is NC=CCC1C=CNC1=O. The van der Waals surface area contributed by atoms with Gasteiger partial charge in [-0.25, -0.2) is 0 Å². The van der Waals surface area contributed by atoms with E-state index in [4.69, 9.17) is 5.73 Å². The molecule has 0 aromatic rings. The fraction of sp³-hybridized carbons (Fsp3) is 0.286. The minimum absolute atomic E-state index is 0.0141. The van der Waals surface area contributed by atoms with E-state index in [1.807, 2.05) is 6.08 Å². The Morgan fingerprint density at radius 2 is 2.60 bits per heavy atom. The summed E-state index contributed by atoms with van der Waals surface area (Å²) >= 11 is 0. The molecule has 1 rings (SSSR count). The molecule has 3 nitrogen and oxygen atoms in total. The zero-order valence-electron chi connectivity index (χ0n) is 5.58. The van der Waals surface area contributed by atoms with Crippen LogP contribution < -0.4 is 11.1 Å². The van der Waals surface area contributed by atoms with E-state index < -0.39 is 0 Å². The molecule has 0 bridgehead atoms. The largest absolute Gasteiger partial charge is 0.405 e. The molecule has 1 unspecified atom stereocenters. The molecule has 1 aliphatic heterocycles. The van der Waals surface area contributed by atoms with Gasteiger partial charge in [0, 0.05) is 6.20 Å². The summed E-state index contributed by atoms with van der Waals surface area (Å²) in [6.07, 6.45) is 7.43. The summed E-state index contributed by atoms with van der Waals surface area (Å²) in [5.74, 6) is 0.0397. The number of hydrogen-bond acceptors (Lipinski definition) is 2. The molecule has 1 heterocycles. The van der Waals surface area contributed by atoms with Gasteiger partial charge < -0.3 is 11.1 Å². The normalized spacial score (nSPS) is 24.0. The summed E-state index contributed by atoms with van der Waals surface area (Å²) in [5.41, 5.74) is 5.12. The van der Waals surface area contributed by atoms with Crippen LogP contribution in [0.1, 0.15) is 6.42 Å². The Morgan fingerprint density at radius 3 is 3.10 bits per heavy atom. The summed E-state index contributed by atoms with van der Waals surface area (Å²) < 4.78 is 0. The highest BCUT2D eigenvalue weighted by Crippen LogP contribution is 2.09. The highest BCUT2D eigenvalue weighted by Gasteiger charge is 2.16. The molecule has 1 aliphatic rings. The molecule has 54 valence electrons. The summed E-state index contributed by atoms with van der Waals surface area (Å²) in [6, 6.07) is 0. The lowest BCUT2D eigenvalue weighted by Crippen LogP contribution is -2.18. The number of carbonyl (C=O) groups excluding carboxylic acids is 1. The number of allylic oxidation sites excluding steroid dienone is 1. The van der Waals surface area contributed by atoms with Gasteiger partial charge in [0.2, 0.25) is 5.91 Å². The van der Waals surface area contributed by atoms with Crippen LogP contribution >= 0.6 is 0 Å². The van der Waals surface area contributed by atoms with Gasteiger partial charge in [-0.05, 0) is 12.6 Å². The molecule has 0 saturated heterocycles. The molecular formula is C7H10N2O. The van der Waals surface area contributed by atoms with Crippen LogP contribution in [0.4, 0.5) is 0 Å². The Hall–Kier alpha value is -1.25. The molecule has 0 spiro atoms. The van der Waals surface area contributed by atoms with E-state index in [-0.39, 0.29) is 11.8 Å². The predicted molar refractivity (Wildman–Crippen MR) is 38.7 cm³/mol. The first-order valence-electron chi connectivity index (χ1n) is 3.18. The van der Waals surface area contributed by atoms with Crippen LogP contribution in [-0.2, 0) is 4.79 Å². The predicted octanol–water partition coefficient (Wildman–Crippen LogP) is 0.109. The van der Waals surface area contributed by atoms with E-state index in [0.29, 0.717) is 6.42 Å². The highest BCUT2D eigenvalue weighted by molar-refractivity contribution is 5.83. The third-order valence-electron chi connectivity index (χ3n) is 1.42.